The molecule has 1 aliphatic heterocycles. The third-order valence-electron chi connectivity index (χ3n) is 7.11. The molecule has 5 heteroatoms. The van der Waals surface area contributed by atoms with Gasteiger partial charge in [0.25, 0.3) is 6.02 Å². The van der Waals surface area contributed by atoms with Crippen LogP contribution in [0.15, 0.2) is 35.0 Å². The first-order chi connectivity index (χ1) is 15.2. The van der Waals surface area contributed by atoms with E-state index in [1.165, 1.54) is 44.2 Å². The molecule has 0 spiro atoms. The van der Waals surface area contributed by atoms with Crippen molar-refractivity contribution in [1.82, 2.24) is 4.90 Å². The lowest BCUT2D eigenvalue weighted by Gasteiger charge is -2.33. The van der Waals surface area contributed by atoms with Gasteiger partial charge in [0.2, 0.25) is 0 Å². The molecule has 1 aromatic carbocycles. The van der Waals surface area contributed by atoms with Crippen LogP contribution in [0.3, 0.4) is 0 Å². The number of aliphatic hydroxyl groups is 1. The van der Waals surface area contributed by atoms with Crippen LogP contribution < -0.4 is 4.90 Å². The highest BCUT2D eigenvalue weighted by Crippen LogP contribution is 2.33. The molecule has 1 atom stereocenters. The van der Waals surface area contributed by atoms with E-state index in [1.807, 2.05) is 6.08 Å². The summed E-state index contributed by atoms with van der Waals surface area (Å²) in [6, 6.07) is 9.82. The Kier molecular flexibility index (Phi) is 7.54. The molecule has 0 bridgehead atoms. The average Bonchev–Trinajstić information content (AvgIpc) is 3.11. The average molecular weight is 426 g/mol. The first-order valence-electron chi connectivity index (χ1n) is 12.5. The summed E-state index contributed by atoms with van der Waals surface area (Å²) in [5, 5.41) is 11.2. The first kappa shape index (κ1) is 22.2. The van der Waals surface area contributed by atoms with Crippen molar-refractivity contribution in [3.8, 4) is 0 Å². The maximum absolute atomic E-state index is 11.2. The van der Waals surface area contributed by atoms with Gasteiger partial charge >= 0.3 is 0 Å². The molecule has 0 radical (unpaired) electrons. The van der Waals surface area contributed by atoms with Gasteiger partial charge < -0.3 is 14.7 Å². The Labute approximate surface area is 187 Å². The highest BCUT2D eigenvalue weighted by Gasteiger charge is 2.40. The summed E-state index contributed by atoms with van der Waals surface area (Å²) in [7, 11) is 0. The molecule has 31 heavy (non-hydrogen) atoms. The number of ether oxygens (including phenoxy) is 1. The van der Waals surface area contributed by atoms with Crippen molar-refractivity contribution in [2.24, 2.45) is 4.99 Å². The van der Waals surface area contributed by atoms with E-state index in [-0.39, 0.29) is 0 Å². The van der Waals surface area contributed by atoms with Gasteiger partial charge in [0.1, 0.15) is 0 Å². The second kappa shape index (κ2) is 10.5. The van der Waals surface area contributed by atoms with Crippen LogP contribution in [-0.2, 0) is 4.74 Å². The molecule has 0 amide bonds. The van der Waals surface area contributed by atoms with E-state index in [1.54, 1.807) is 0 Å². The Morgan fingerprint density at radius 2 is 1.58 bits per heavy atom. The summed E-state index contributed by atoms with van der Waals surface area (Å²) >= 11 is 0. The second-order valence-electron chi connectivity index (χ2n) is 9.19. The lowest BCUT2D eigenvalue weighted by molar-refractivity contribution is 0.0559. The van der Waals surface area contributed by atoms with Gasteiger partial charge in [-0.15, -0.1) is 0 Å². The molecule has 1 unspecified atom stereocenters. The van der Waals surface area contributed by atoms with Gasteiger partial charge in [-0.2, -0.15) is 0 Å². The van der Waals surface area contributed by atoms with E-state index < -0.39 is 6.23 Å². The Morgan fingerprint density at radius 3 is 2.19 bits per heavy atom. The minimum absolute atomic E-state index is 0.321. The molecule has 3 aliphatic rings. The number of hydrogen-bond acceptors (Lipinski definition) is 4. The van der Waals surface area contributed by atoms with Crippen LogP contribution in [0, 0.1) is 0 Å². The Morgan fingerprint density at radius 1 is 0.968 bits per heavy atom. The van der Waals surface area contributed by atoms with Gasteiger partial charge in [-0.1, -0.05) is 50.7 Å². The van der Waals surface area contributed by atoms with Crippen molar-refractivity contribution in [1.29, 1.82) is 0 Å². The van der Waals surface area contributed by atoms with Gasteiger partial charge in [-0.25, -0.2) is 4.99 Å². The summed E-state index contributed by atoms with van der Waals surface area (Å²) in [6.07, 6.45) is 13.2. The topological polar surface area (TPSA) is 48.3 Å². The highest BCUT2D eigenvalue weighted by molar-refractivity contribution is 5.80. The maximum atomic E-state index is 11.2. The molecule has 1 saturated heterocycles. The van der Waals surface area contributed by atoms with E-state index in [0.29, 0.717) is 23.9 Å². The monoisotopic (exact) mass is 425 g/mol. The Hall–Kier alpha value is -2.01. The predicted octanol–water partition coefficient (Wildman–Crippen LogP) is 5.55. The number of aliphatic hydroxyl groups excluding tert-OH is 1. The number of benzene rings is 1. The zero-order valence-electron chi connectivity index (χ0n) is 19.3. The van der Waals surface area contributed by atoms with Gasteiger partial charge in [0.05, 0.1) is 6.04 Å². The zero-order valence-corrected chi connectivity index (χ0v) is 19.3. The SMILES string of the molecule is CCN(CC)c1ccc(/C=C2/OC(=NC3CCCCC3)N(C3CCCCC3)C2O)cc1. The maximum Gasteiger partial charge on any atom is 0.295 e. The number of rotatable bonds is 6. The molecule has 1 N–H and O–H groups in total. The summed E-state index contributed by atoms with van der Waals surface area (Å²) in [5.74, 6) is 0.607. The van der Waals surface area contributed by atoms with Crippen molar-refractivity contribution in [3.05, 3.63) is 35.6 Å². The molecular formula is C26H39N3O2. The molecule has 170 valence electrons. The smallest absolute Gasteiger partial charge is 0.295 e. The molecule has 5 nitrogen and oxygen atoms in total. The molecule has 1 aromatic rings. The van der Waals surface area contributed by atoms with Crippen molar-refractivity contribution in [2.75, 3.05) is 18.0 Å². The summed E-state index contributed by atoms with van der Waals surface area (Å²) in [6.45, 7) is 6.34. The fourth-order valence-electron chi connectivity index (χ4n) is 5.27. The largest absolute Gasteiger partial charge is 0.426 e. The standard InChI is InChI=1S/C26H39N3O2/c1-3-28(4-2)22-17-15-20(16-18-22)19-24-25(30)29(23-13-9-6-10-14-23)26(31-24)27-21-11-7-5-8-12-21/h15-19,21,23,25,30H,3-14H2,1-2H3/b24-19+,27-26?. The minimum atomic E-state index is -0.743. The lowest BCUT2D eigenvalue weighted by atomic mass is 9.94. The summed E-state index contributed by atoms with van der Waals surface area (Å²) in [5.41, 5.74) is 2.27. The van der Waals surface area contributed by atoms with Crippen molar-refractivity contribution >= 4 is 17.8 Å². The molecular weight excluding hydrogens is 386 g/mol. The van der Waals surface area contributed by atoms with E-state index in [9.17, 15) is 5.11 Å². The van der Waals surface area contributed by atoms with Crippen LogP contribution >= 0.6 is 0 Å². The quantitative estimate of drug-likeness (QED) is 0.649. The van der Waals surface area contributed by atoms with Gasteiger partial charge in [0.15, 0.2) is 12.0 Å². The Balaban J connectivity index is 1.56. The van der Waals surface area contributed by atoms with Crippen LogP contribution in [0.5, 0.6) is 0 Å². The molecule has 2 saturated carbocycles. The second-order valence-corrected chi connectivity index (χ2v) is 9.19. The number of hydrogen-bond donors (Lipinski definition) is 1. The number of aliphatic imine (C=N–C) groups is 1. The molecule has 2 aliphatic carbocycles. The van der Waals surface area contributed by atoms with E-state index >= 15 is 0 Å². The molecule has 4 rings (SSSR count). The Bertz CT molecular complexity index is 757. The van der Waals surface area contributed by atoms with Crippen LogP contribution in [0.1, 0.15) is 83.6 Å². The van der Waals surface area contributed by atoms with Crippen molar-refractivity contribution in [3.63, 3.8) is 0 Å². The van der Waals surface area contributed by atoms with Crippen molar-refractivity contribution < 1.29 is 9.84 Å². The molecule has 1 heterocycles. The number of amidine groups is 1. The fraction of sp³-hybridized carbons (Fsp3) is 0.654. The van der Waals surface area contributed by atoms with Crippen LogP contribution in [0.4, 0.5) is 5.69 Å². The number of nitrogens with zero attached hydrogens (tertiary/aromatic N) is 3. The molecule has 3 fully saturated rings. The van der Waals surface area contributed by atoms with E-state index in [2.05, 4.69) is 47.9 Å². The lowest BCUT2D eigenvalue weighted by Crippen LogP contribution is -2.43. The number of anilines is 1. The third kappa shape index (κ3) is 5.25. The van der Waals surface area contributed by atoms with Crippen LogP contribution in [0.25, 0.3) is 6.08 Å². The van der Waals surface area contributed by atoms with E-state index in [0.717, 1.165) is 44.3 Å². The highest BCUT2D eigenvalue weighted by atomic mass is 16.5. The first-order valence-corrected chi connectivity index (χ1v) is 12.5. The third-order valence-corrected chi connectivity index (χ3v) is 7.11. The van der Waals surface area contributed by atoms with Crippen LogP contribution in [-0.4, -0.2) is 47.4 Å². The normalized spacial score (nSPS) is 25.9. The predicted molar refractivity (Wildman–Crippen MR) is 128 cm³/mol. The molecule has 0 aromatic heterocycles. The zero-order chi connectivity index (χ0) is 21.6. The fourth-order valence-corrected chi connectivity index (χ4v) is 5.27. The summed E-state index contributed by atoms with van der Waals surface area (Å²) in [4.78, 5) is 9.41. The minimum Gasteiger partial charge on any atom is -0.426 e. The van der Waals surface area contributed by atoms with Gasteiger partial charge in [-0.3, -0.25) is 4.90 Å². The van der Waals surface area contributed by atoms with Crippen molar-refractivity contribution in [2.45, 2.75) is 96.4 Å². The summed E-state index contributed by atoms with van der Waals surface area (Å²) < 4.78 is 6.24. The van der Waals surface area contributed by atoms with E-state index in [4.69, 9.17) is 9.73 Å². The van der Waals surface area contributed by atoms with Gasteiger partial charge in [-0.05, 0) is 63.3 Å². The van der Waals surface area contributed by atoms with Gasteiger partial charge in [0, 0.05) is 24.8 Å². The van der Waals surface area contributed by atoms with Crippen LogP contribution in [0.2, 0.25) is 0 Å².